The third-order valence-electron chi connectivity index (χ3n) is 3.45. The van der Waals surface area contributed by atoms with Crippen LogP contribution in [0.2, 0.25) is 5.02 Å². The van der Waals surface area contributed by atoms with Gasteiger partial charge in [0.25, 0.3) is 5.91 Å². The van der Waals surface area contributed by atoms with Gasteiger partial charge in [-0.25, -0.2) is 0 Å². The Labute approximate surface area is 127 Å². The number of hydrogen-bond acceptors (Lipinski definition) is 2. The summed E-state index contributed by atoms with van der Waals surface area (Å²) in [5.74, 6) is -0.108. The Bertz CT molecular complexity index is 793. The number of halogens is 1. The molecule has 0 bridgehead atoms. The molecule has 0 spiro atoms. The predicted molar refractivity (Wildman–Crippen MR) is 83.3 cm³/mol. The molecule has 1 N–H and O–H groups in total. The molecule has 106 valence electrons. The Balaban J connectivity index is 1.78. The summed E-state index contributed by atoms with van der Waals surface area (Å²) in [6.07, 6.45) is 3.48. The third-order valence-corrected chi connectivity index (χ3v) is 3.70. The molecule has 4 nitrogen and oxygen atoms in total. The Kier molecular flexibility index (Phi) is 3.62. The Morgan fingerprint density at radius 1 is 1.29 bits per heavy atom. The SMILES string of the molecule is Cn1c(C(=O)NCc2ccc(Cl)cc2)cc2ccncc21. The average molecular weight is 300 g/mol. The summed E-state index contributed by atoms with van der Waals surface area (Å²) in [5.41, 5.74) is 2.56. The molecule has 0 saturated carbocycles. The van der Waals surface area contributed by atoms with Gasteiger partial charge in [-0.1, -0.05) is 23.7 Å². The van der Waals surface area contributed by atoms with Crippen molar-refractivity contribution in [3.05, 3.63) is 65.1 Å². The number of carbonyl (C=O) groups excluding carboxylic acids is 1. The van der Waals surface area contributed by atoms with E-state index in [2.05, 4.69) is 10.3 Å². The summed E-state index contributed by atoms with van der Waals surface area (Å²) in [4.78, 5) is 16.4. The number of pyridine rings is 1. The van der Waals surface area contributed by atoms with Crippen molar-refractivity contribution in [1.82, 2.24) is 14.9 Å². The first-order chi connectivity index (χ1) is 10.1. The predicted octanol–water partition coefficient (Wildman–Crippen LogP) is 3.16. The van der Waals surface area contributed by atoms with E-state index in [1.165, 1.54) is 0 Å². The van der Waals surface area contributed by atoms with Crippen molar-refractivity contribution in [1.29, 1.82) is 0 Å². The molecule has 0 atom stereocenters. The lowest BCUT2D eigenvalue weighted by molar-refractivity contribution is 0.0943. The Morgan fingerprint density at radius 2 is 2.05 bits per heavy atom. The number of benzene rings is 1. The fourth-order valence-corrected chi connectivity index (χ4v) is 2.39. The number of aryl methyl sites for hydroxylation is 1. The molecule has 0 fully saturated rings. The zero-order chi connectivity index (χ0) is 14.8. The number of nitrogens with zero attached hydrogens (tertiary/aromatic N) is 2. The van der Waals surface area contributed by atoms with Gasteiger partial charge in [0.15, 0.2) is 0 Å². The largest absolute Gasteiger partial charge is 0.347 e. The molecule has 3 aromatic rings. The maximum atomic E-state index is 12.3. The van der Waals surface area contributed by atoms with Crippen LogP contribution in [0.25, 0.3) is 10.9 Å². The van der Waals surface area contributed by atoms with E-state index in [0.717, 1.165) is 16.5 Å². The van der Waals surface area contributed by atoms with Crippen molar-refractivity contribution in [2.24, 2.45) is 7.05 Å². The van der Waals surface area contributed by atoms with Crippen LogP contribution in [0.3, 0.4) is 0 Å². The van der Waals surface area contributed by atoms with Gasteiger partial charge in [0, 0.05) is 30.2 Å². The average Bonchev–Trinajstić information content (AvgIpc) is 2.84. The van der Waals surface area contributed by atoms with Crippen LogP contribution in [0.1, 0.15) is 16.1 Å². The summed E-state index contributed by atoms with van der Waals surface area (Å²) >= 11 is 5.84. The minimum absolute atomic E-state index is 0.108. The molecule has 5 heteroatoms. The molecule has 2 aromatic heterocycles. The fraction of sp³-hybridized carbons (Fsp3) is 0.125. The summed E-state index contributed by atoms with van der Waals surface area (Å²) in [7, 11) is 1.86. The number of carbonyl (C=O) groups is 1. The second kappa shape index (κ2) is 5.58. The summed E-state index contributed by atoms with van der Waals surface area (Å²) < 4.78 is 1.85. The highest BCUT2D eigenvalue weighted by Crippen LogP contribution is 2.17. The monoisotopic (exact) mass is 299 g/mol. The zero-order valence-corrected chi connectivity index (χ0v) is 12.3. The van der Waals surface area contributed by atoms with Gasteiger partial charge in [-0.05, 0) is 29.8 Å². The first-order valence-electron chi connectivity index (χ1n) is 6.57. The van der Waals surface area contributed by atoms with Gasteiger partial charge >= 0.3 is 0 Å². The van der Waals surface area contributed by atoms with E-state index in [0.29, 0.717) is 17.3 Å². The number of nitrogens with one attached hydrogen (secondary N) is 1. The van der Waals surface area contributed by atoms with Crippen molar-refractivity contribution >= 4 is 28.4 Å². The maximum Gasteiger partial charge on any atom is 0.268 e. The van der Waals surface area contributed by atoms with Gasteiger partial charge in [-0.2, -0.15) is 0 Å². The standard InChI is InChI=1S/C16H14ClN3O/c1-20-14(8-12-6-7-18-10-15(12)20)16(21)19-9-11-2-4-13(17)5-3-11/h2-8,10H,9H2,1H3,(H,19,21). The molecule has 0 unspecified atom stereocenters. The first-order valence-corrected chi connectivity index (χ1v) is 6.95. The van der Waals surface area contributed by atoms with Crippen molar-refractivity contribution in [2.75, 3.05) is 0 Å². The summed E-state index contributed by atoms with van der Waals surface area (Å²) in [6, 6.07) is 11.2. The topological polar surface area (TPSA) is 46.9 Å². The molecule has 0 aliphatic heterocycles. The molecule has 0 aliphatic rings. The Morgan fingerprint density at radius 3 is 2.76 bits per heavy atom. The quantitative estimate of drug-likeness (QED) is 0.807. The Hall–Kier alpha value is -2.33. The second-order valence-electron chi connectivity index (χ2n) is 4.83. The maximum absolute atomic E-state index is 12.3. The second-order valence-corrected chi connectivity index (χ2v) is 5.27. The van der Waals surface area contributed by atoms with E-state index < -0.39 is 0 Å². The van der Waals surface area contributed by atoms with Gasteiger partial charge in [-0.3, -0.25) is 9.78 Å². The lowest BCUT2D eigenvalue weighted by atomic mass is 10.2. The van der Waals surface area contributed by atoms with Gasteiger partial charge in [0.05, 0.1) is 11.7 Å². The lowest BCUT2D eigenvalue weighted by Crippen LogP contribution is -2.24. The van der Waals surface area contributed by atoms with E-state index in [4.69, 9.17) is 11.6 Å². The summed E-state index contributed by atoms with van der Waals surface area (Å²) in [6.45, 7) is 0.468. The van der Waals surface area contributed by atoms with E-state index >= 15 is 0 Å². The number of rotatable bonds is 3. The molecule has 0 radical (unpaired) electrons. The number of aromatic nitrogens is 2. The molecular formula is C16H14ClN3O. The van der Waals surface area contributed by atoms with Crippen LogP contribution in [-0.4, -0.2) is 15.5 Å². The van der Waals surface area contributed by atoms with Crippen molar-refractivity contribution in [3.63, 3.8) is 0 Å². The van der Waals surface area contributed by atoms with Crippen LogP contribution in [-0.2, 0) is 13.6 Å². The van der Waals surface area contributed by atoms with Gasteiger partial charge < -0.3 is 9.88 Å². The summed E-state index contributed by atoms with van der Waals surface area (Å²) in [5, 5.41) is 4.60. The smallest absolute Gasteiger partial charge is 0.268 e. The van der Waals surface area contributed by atoms with Gasteiger partial charge in [-0.15, -0.1) is 0 Å². The molecule has 3 rings (SSSR count). The minimum atomic E-state index is -0.108. The molecule has 21 heavy (non-hydrogen) atoms. The molecule has 0 saturated heterocycles. The molecule has 1 amide bonds. The molecule has 1 aromatic carbocycles. The van der Waals surface area contributed by atoms with Crippen LogP contribution in [0.5, 0.6) is 0 Å². The molecule has 0 aliphatic carbocycles. The van der Waals surface area contributed by atoms with Gasteiger partial charge in [0.1, 0.15) is 5.69 Å². The zero-order valence-electron chi connectivity index (χ0n) is 11.5. The van der Waals surface area contributed by atoms with Crippen LogP contribution in [0, 0.1) is 0 Å². The van der Waals surface area contributed by atoms with E-state index in [1.54, 1.807) is 12.4 Å². The van der Waals surface area contributed by atoms with Crippen molar-refractivity contribution < 1.29 is 4.79 Å². The highest BCUT2D eigenvalue weighted by molar-refractivity contribution is 6.30. The highest BCUT2D eigenvalue weighted by atomic mass is 35.5. The van der Waals surface area contributed by atoms with Crippen LogP contribution in [0.4, 0.5) is 0 Å². The number of hydrogen-bond donors (Lipinski definition) is 1. The minimum Gasteiger partial charge on any atom is -0.347 e. The van der Waals surface area contributed by atoms with Gasteiger partial charge in [0.2, 0.25) is 0 Å². The normalized spacial score (nSPS) is 10.8. The molecular weight excluding hydrogens is 286 g/mol. The fourth-order valence-electron chi connectivity index (χ4n) is 2.27. The van der Waals surface area contributed by atoms with E-state index in [-0.39, 0.29) is 5.91 Å². The lowest BCUT2D eigenvalue weighted by Gasteiger charge is -2.06. The van der Waals surface area contributed by atoms with Crippen molar-refractivity contribution in [2.45, 2.75) is 6.54 Å². The van der Waals surface area contributed by atoms with Crippen LogP contribution >= 0.6 is 11.6 Å². The van der Waals surface area contributed by atoms with Crippen LogP contribution < -0.4 is 5.32 Å². The van der Waals surface area contributed by atoms with E-state index in [1.807, 2.05) is 48.0 Å². The number of amides is 1. The first kappa shape index (κ1) is 13.6. The van der Waals surface area contributed by atoms with Crippen molar-refractivity contribution in [3.8, 4) is 0 Å². The third kappa shape index (κ3) is 2.76. The molecule has 2 heterocycles. The number of fused-ring (bicyclic) bond motifs is 1. The highest BCUT2D eigenvalue weighted by Gasteiger charge is 2.12. The van der Waals surface area contributed by atoms with Crippen LogP contribution in [0.15, 0.2) is 48.8 Å². The van der Waals surface area contributed by atoms with E-state index in [9.17, 15) is 4.79 Å².